The number of nitrogens with zero attached hydrogens (tertiary/aromatic N) is 4. The van der Waals surface area contributed by atoms with Gasteiger partial charge in [0.05, 0.1) is 11.7 Å². The molecule has 7 nitrogen and oxygen atoms in total. The maximum absolute atomic E-state index is 12.8. The van der Waals surface area contributed by atoms with Gasteiger partial charge in [0.1, 0.15) is 12.7 Å². The molecule has 0 aliphatic carbocycles. The van der Waals surface area contributed by atoms with Gasteiger partial charge in [-0.2, -0.15) is 5.10 Å². The molecule has 0 spiro atoms. The number of aromatic nitrogens is 3. The summed E-state index contributed by atoms with van der Waals surface area (Å²) in [7, 11) is 0. The van der Waals surface area contributed by atoms with Crippen LogP contribution in [0.3, 0.4) is 0 Å². The highest BCUT2D eigenvalue weighted by Gasteiger charge is 2.27. The van der Waals surface area contributed by atoms with Gasteiger partial charge >= 0.3 is 0 Å². The lowest BCUT2D eigenvalue weighted by atomic mass is 9.95. The first-order valence-electron chi connectivity index (χ1n) is 10.9. The van der Waals surface area contributed by atoms with Crippen molar-refractivity contribution in [3.63, 3.8) is 0 Å². The van der Waals surface area contributed by atoms with Gasteiger partial charge in [0.2, 0.25) is 11.8 Å². The molecule has 2 amide bonds. The van der Waals surface area contributed by atoms with E-state index in [1.165, 1.54) is 6.33 Å². The van der Waals surface area contributed by atoms with Crippen LogP contribution < -0.4 is 5.32 Å². The first kappa shape index (κ1) is 21.5. The monoisotopic (exact) mass is 429 g/mol. The van der Waals surface area contributed by atoms with Crippen LogP contribution in [0.15, 0.2) is 73.3 Å². The molecule has 1 N–H and O–H groups in total. The van der Waals surface area contributed by atoms with E-state index in [1.54, 1.807) is 17.1 Å². The second-order valence-corrected chi connectivity index (χ2v) is 8.01. The number of carbonyl (C=O) groups excluding carboxylic acids is 2. The van der Waals surface area contributed by atoms with Crippen molar-refractivity contribution in [3.05, 3.63) is 84.5 Å². The smallest absolute Gasteiger partial charge is 0.246 e. The van der Waals surface area contributed by atoms with Crippen LogP contribution in [0, 0.1) is 5.92 Å². The van der Waals surface area contributed by atoms with Gasteiger partial charge in [-0.1, -0.05) is 42.5 Å². The van der Waals surface area contributed by atoms with Crippen LogP contribution in [0.25, 0.3) is 11.8 Å². The molecule has 1 unspecified atom stereocenters. The summed E-state index contributed by atoms with van der Waals surface area (Å²) in [5, 5.41) is 7.24. The molecule has 1 aliphatic heterocycles. The third-order valence-corrected chi connectivity index (χ3v) is 5.83. The van der Waals surface area contributed by atoms with Crippen LogP contribution >= 0.6 is 0 Å². The fourth-order valence-corrected chi connectivity index (χ4v) is 3.87. The van der Waals surface area contributed by atoms with Gasteiger partial charge in [0.25, 0.3) is 0 Å². The largest absolute Gasteiger partial charge is 0.349 e. The number of carbonyl (C=O) groups is 2. The van der Waals surface area contributed by atoms with Gasteiger partial charge in [-0.3, -0.25) is 9.59 Å². The number of hydrogen-bond donors (Lipinski definition) is 1. The second kappa shape index (κ2) is 10.0. The minimum absolute atomic E-state index is 0.00597. The Bertz CT molecular complexity index is 1050. The average Bonchev–Trinajstić information content (AvgIpc) is 3.38. The number of rotatable bonds is 6. The summed E-state index contributed by atoms with van der Waals surface area (Å²) in [6, 6.07) is 17.6. The number of hydrogen-bond acceptors (Lipinski definition) is 4. The van der Waals surface area contributed by atoms with Gasteiger partial charge in [-0.15, -0.1) is 0 Å². The van der Waals surface area contributed by atoms with Crippen molar-refractivity contribution in [1.29, 1.82) is 0 Å². The summed E-state index contributed by atoms with van der Waals surface area (Å²) >= 11 is 0. The molecule has 1 fully saturated rings. The lowest BCUT2D eigenvalue weighted by molar-refractivity contribution is -0.132. The third-order valence-electron chi connectivity index (χ3n) is 5.83. The molecule has 1 aliphatic rings. The number of likely N-dealkylation sites (tertiary alicyclic amines) is 1. The molecular formula is C25H27N5O2. The van der Waals surface area contributed by atoms with E-state index in [0.29, 0.717) is 25.9 Å². The van der Waals surface area contributed by atoms with Crippen molar-refractivity contribution in [2.24, 2.45) is 5.92 Å². The van der Waals surface area contributed by atoms with Gasteiger partial charge in [0, 0.05) is 25.1 Å². The summed E-state index contributed by atoms with van der Waals surface area (Å²) in [6.45, 7) is 3.17. The van der Waals surface area contributed by atoms with E-state index >= 15 is 0 Å². The summed E-state index contributed by atoms with van der Waals surface area (Å²) in [5.41, 5.74) is 2.95. The number of piperidine rings is 1. The highest BCUT2D eigenvalue weighted by molar-refractivity contribution is 5.92. The summed E-state index contributed by atoms with van der Waals surface area (Å²) in [5.74, 6) is -0.0349. The molecule has 32 heavy (non-hydrogen) atoms. The van der Waals surface area contributed by atoms with Crippen LogP contribution in [0.4, 0.5) is 0 Å². The Morgan fingerprint density at radius 3 is 2.44 bits per heavy atom. The van der Waals surface area contributed by atoms with Crippen molar-refractivity contribution >= 4 is 17.9 Å². The zero-order valence-electron chi connectivity index (χ0n) is 18.1. The van der Waals surface area contributed by atoms with E-state index < -0.39 is 0 Å². The van der Waals surface area contributed by atoms with Crippen LogP contribution in [-0.2, 0) is 9.59 Å². The van der Waals surface area contributed by atoms with Crippen LogP contribution in [0.1, 0.15) is 36.9 Å². The van der Waals surface area contributed by atoms with Crippen LogP contribution in [0.2, 0.25) is 0 Å². The lowest BCUT2D eigenvalue weighted by Crippen LogP contribution is -2.43. The molecule has 1 saturated heterocycles. The Hall–Kier alpha value is -3.74. The maximum Gasteiger partial charge on any atom is 0.246 e. The molecule has 2 heterocycles. The second-order valence-electron chi connectivity index (χ2n) is 8.01. The van der Waals surface area contributed by atoms with Crippen LogP contribution in [0.5, 0.6) is 0 Å². The van der Waals surface area contributed by atoms with Gasteiger partial charge in [-0.05, 0) is 49.1 Å². The first-order chi connectivity index (χ1) is 15.6. The van der Waals surface area contributed by atoms with Crippen molar-refractivity contribution in [2.45, 2.75) is 25.8 Å². The molecule has 0 saturated carbocycles. The van der Waals surface area contributed by atoms with Gasteiger partial charge in [0.15, 0.2) is 0 Å². The quantitative estimate of drug-likeness (QED) is 0.609. The first-order valence-corrected chi connectivity index (χ1v) is 10.9. The lowest BCUT2D eigenvalue weighted by Gasteiger charge is -2.31. The minimum Gasteiger partial charge on any atom is -0.349 e. The van der Waals surface area contributed by atoms with E-state index in [1.807, 2.05) is 72.5 Å². The zero-order valence-corrected chi connectivity index (χ0v) is 18.1. The zero-order chi connectivity index (χ0) is 22.3. The minimum atomic E-state index is -0.0965. The third kappa shape index (κ3) is 5.29. The van der Waals surface area contributed by atoms with Gasteiger partial charge in [-0.25, -0.2) is 9.67 Å². The van der Waals surface area contributed by atoms with Gasteiger partial charge < -0.3 is 10.2 Å². The Morgan fingerprint density at radius 2 is 1.78 bits per heavy atom. The molecule has 0 radical (unpaired) electrons. The topological polar surface area (TPSA) is 80.1 Å². The van der Waals surface area contributed by atoms with E-state index in [0.717, 1.165) is 16.8 Å². The van der Waals surface area contributed by atoms with E-state index in [-0.39, 0.29) is 23.8 Å². The molecule has 4 rings (SSSR count). The Morgan fingerprint density at radius 1 is 1.06 bits per heavy atom. The predicted molar refractivity (Wildman–Crippen MR) is 123 cm³/mol. The van der Waals surface area contributed by atoms with Crippen molar-refractivity contribution in [1.82, 2.24) is 25.0 Å². The number of amides is 2. The summed E-state index contributed by atoms with van der Waals surface area (Å²) < 4.78 is 1.69. The standard InChI is InChI=1S/C25H27N5O2/c1-19(21-8-10-23(11-9-21)30-18-26-17-27-30)28-25(32)22-13-15-29(16-14-22)24(31)12-7-20-5-3-2-4-6-20/h2-12,17-19,22H,13-16H2,1H3,(H,28,32). The van der Waals surface area contributed by atoms with E-state index in [2.05, 4.69) is 15.4 Å². The molecule has 3 aromatic rings. The molecule has 164 valence electrons. The highest BCUT2D eigenvalue weighted by Crippen LogP contribution is 2.21. The average molecular weight is 430 g/mol. The fraction of sp³-hybridized carbons (Fsp3) is 0.280. The molecular weight excluding hydrogens is 402 g/mol. The Balaban J connectivity index is 1.26. The van der Waals surface area contributed by atoms with Crippen molar-refractivity contribution in [2.75, 3.05) is 13.1 Å². The van der Waals surface area contributed by atoms with E-state index in [9.17, 15) is 9.59 Å². The Kier molecular flexibility index (Phi) is 6.75. The number of benzene rings is 2. The highest BCUT2D eigenvalue weighted by atomic mass is 16.2. The normalized spacial score (nSPS) is 15.6. The maximum atomic E-state index is 12.8. The molecule has 1 atom stereocenters. The molecule has 0 bridgehead atoms. The summed E-state index contributed by atoms with van der Waals surface area (Å²) in [6.07, 6.45) is 7.94. The molecule has 2 aromatic carbocycles. The Labute approximate surface area is 187 Å². The SMILES string of the molecule is CC(NC(=O)C1CCN(C(=O)C=Cc2ccccc2)CC1)c1ccc(-n2cncn2)cc1. The summed E-state index contributed by atoms with van der Waals surface area (Å²) in [4.78, 5) is 31.0. The fourth-order valence-electron chi connectivity index (χ4n) is 3.87. The van der Waals surface area contributed by atoms with Crippen molar-refractivity contribution < 1.29 is 9.59 Å². The number of nitrogens with one attached hydrogen (secondary N) is 1. The molecule has 7 heteroatoms. The predicted octanol–water partition coefficient (Wildman–Crippen LogP) is 3.40. The molecule has 1 aromatic heterocycles. The van der Waals surface area contributed by atoms with E-state index in [4.69, 9.17) is 0 Å². The van der Waals surface area contributed by atoms with Crippen LogP contribution in [-0.4, -0.2) is 44.6 Å². The van der Waals surface area contributed by atoms with Crippen molar-refractivity contribution in [3.8, 4) is 5.69 Å².